The lowest BCUT2D eigenvalue weighted by Gasteiger charge is -2.09. The first-order valence-corrected chi connectivity index (χ1v) is 4.31. The van der Waals surface area contributed by atoms with Crippen LogP contribution < -0.4 is 5.32 Å². The molecule has 1 heterocycles. The number of carbonyl (C=O) groups excluding carboxylic acids is 2. The van der Waals surface area contributed by atoms with Crippen LogP contribution in [0.3, 0.4) is 0 Å². The second kappa shape index (κ2) is 4.04. The standard InChI is InChI=1S/C9H13N3O2/c1-6(7(2)13)11-9(14)8-4-5-10-12(8)3/h4-6H,1-3H3,(H,11,14). The van der Waals surface area contributed by atoms with Gasteiger partial charge in [-0.3, -0.25) is 14.3 Å². The molecule has 5 heteroatoms. The summed E-state index contributed by atoms with van der Waals surface area (Å²) < 4.78 is 1.46. The van der Waals surface area contributed by atoms with E-state index in [1.165, 1.54) is 17.8 Å². The highest BCUT2D eigenvalue weighted by atomic mass is 16.2. The van der Waals surface area contributed by atoms with Crippen molar-refractivity contribution >= 4 is 11.7 Å². The molecule has 1 amide bonds. The van der Waals surface area contributed by atoms with Crippen LogP contribution in [0.25, 0.3) is 0 Å². The average molecular weight is 195 g/mol. The number of ketones is 1. The van der Waals surface area contributed by atoms with Crippen molar-refractivity contribution in [3.05, 3.63) is 18.0 Å². The van der Waals surface area contributed by atoms with Gasteiger partial charge in [0.2, 0.25) is 0 Å². The Balaban J connectivity index is 2.69. The number of rotatable bonds is 3. The Morgan fingerprint density at radius 2 is 2.21 bits per heavy atom. The molecule has 0 spiro atoms. The second-order valence-corrected chi connectivity index (χ2v) is 3.15. The van der Waals surface area contributed by atoms with Gasteiger partial charge in [0, 0.05) is 13.2 Å². The van der Waals surface area contributed by atoms with Crippen LogP contribution in [-0.4, -0.2) is 27.5 Å². The summed E-state index contributed by atoms with van der Waals surface area (Å²) in [4.78, 5) is 22.4. The van der Waals surface area contributed by atoms with E-state index in [2.05, 4.69) is 10.4 Å². The number of Topliss-reactive ketones (excluding diaryl/α,β-unsaturated/α-hetero) is 1. The Hall–Kier alpha value is -1.65. The fraction of sp³-hybridized carbons (Fsp3) is 0.444. The Kier molecular flexibility index (Phi) is 3.01. The summed E-state index contributed by atoms with van der Waals surface area (Å²) in [6, 6.07) is 1.14. The van der Waals surface area contributed by atoms with E-state index in [0.717, 1.165) is 0 Å². The second-order valence-electron chi connectivity index (χ2n) is 3.15. The van der Waals surface area contributed by atoms with Crippen LogP contribution in [0.5, 0.6) is 0 Å². The number of hydrogen-bond donors (Lipinski definition) is 1. The van der Waals surface area contributed by atoms with E-state index in [9.17, 15) is 9.59 Å². The number of nitrogens with one attached hydrogen (secondary N) is 1. The summed E-state index contributed by atoms with van der Waals surface area (Å²) in [5.74, 6) is -0.354. The van der Waals surface area contributed by atoms with Crippen molar-refractivity contribution in [2.24, 2.45) is 7.05 Å². The molecule has 0 bridgehead atoms. The van der Waals surface area contributed by atoms with Crippen molar-refractivity contribution < 1.29 is 9.59 Å². The molecule has 0 fully saturated rings. The Bertz CT molecular complexity index is 357. The van der Waals surface area contributed by atoms with Crippen LogP contribution in [0.1, 0.15) is 24.3 Å². The zero-order chi connectivity index (χ0) is 10.7. The van der Waals surface area contributed by atoms with Gasteiger partial charge in [-0.05, 0) is 19.9 Å². The third kappa shape index (κ3) is 2.18. The van der Waals surface area contributed by atoms with Crippen molar-refractivity contribution in [2.45, 2.75) is 19.9 Å². The maximum atomic E-state index is 11.5. The predicted octanol–water partition coefficient (Wildman–Crippen LogP) is 0.127. The quantitative estimate of drug-likeness (QED) is 0.745. The fourth-order valence-electron chi connectivity index (χ4n) is 0.969. The Morgan fingerprint density at radius 1 is 1.57 bits per heavy atom. The number of hydrogen-bond acceptors (Lipinski definition) is 3. The van der Waals surface area contributed by atoms with Crippen molar-refractivity contribution in [3.63, 3.8) is 0 Å². The highest BCUT2D eigenvalue weighted by Crippen LogP contribution is 1.97. The molecule has 76 valence electrons. The van der Waals surface area contributed by atoms with Crippen LogP contribution in [0.15, 0.2) is 12.3 Å². The molecule has 0 aliphatic rings. The van der Waals surface area contributed by atoms with Gasteiger partial charge in [-0.15, -0.1) is 0 Å². The number of amides is 1. The maximum Gasteiger partial charge on any atom is 0.270 e. The minimum atomic E-state index is -0.461. The van der Waals surface area contributed by atoms with Crippen molar-refractivity contribution in [1.29, 1.82) is 0 Å². The Morgan fingerprint density at radius 3 is 2.64 bits per heavy atom. The van der Waals surface area contributed by atoms with Gasteiger partial charge in [0.05, 0.1) is 6.04 Å². The van der Waals surface area contributed by atoms with Gasteiger partial charge in [-0.1, -0.05) is 0 Å². The van der Waals surface area contributed by atoms with Gasteiger partial charge < -0.3 is 5.32 Å². The van der Waals surface area contributed by atoms with Crippen molar-refractivity contribution in [1.82, 2.24) is 15.1 Å². The molecule has 1 atom stereocenters. The molecule has 1 unspecified atom stereocenters. The summed E-state index contributed by atoms with van der Waals surface area (Å²) >= 11 is 0. The summed E-state index contributed by atoms with van der Waals surface area (Å²) in [6.45, 7) is 3.09. The largest absolute Gasteiger partial charge is 0.341 e. The number of carbonyl (C=O) groups is 2. The van der Waals surface area contributed by atoms with Crippen LogP contribution in [0, 0.1) is 0 Å². The first-order chi connectivity index (χ1) is 6.52. The topological polar surface area (TPSA) is 64.0 Å². The molecular weight excluding hydrogens is 182 g/mol. The highest BCUT2D eigenvalue weighted by Gasteiger charge is 2.14. The minimum absolute atomic E-state index is 0.0690. The molecular formula is C9H13N3O2. The van der Waals surface area contributed by atoms with Crippen molar-refractivity contribution in [3.8, 4) is 0 Å². The van der Waals surface area contributed by atoms with E-state index in [0.29, 0.717) is 5.69 Å². The minimum Gasteiger partial charge on any atom is -0.341 e. The molecule has 0 saturated carbocycles. The molecule has 0 saturated heterocycles. The third-order valence-electron chi connectivity index (χ3n) is 2.01. The first kappa shape index (κ1) is 10.4. The normalized spacial score (nSPS) is 12.2. The van der Waals surface area contributed by atoms with E-state index < -0.39 is 6.04 Å². The molecule has 0 aliphatic carbocycles. The lowest BCUT2D eigenvalue weighted by atomic mass is 10.2. The smallest absolute Gasteiger partial charge is 0.270 e. The zero-order valence-electron chi connectivity index (χ0n) is 8.44. The molecule has 1 aromatic heterocycles. The molecule has 0 aromatic carbocycles. The lowest BCUT2D eigenvalue weighted by Crippen LogP contribution is -2.38. The fourth-order valence-corrected chi connectivity index (χ4v) is 0.969. The SMILES string of the molecule is CC(=O)C(C)NC(=O)c1ccnn1C. The number of nitrogens with zero attached hydrogens (tertiary/aromatic N) is 2. The van der Waals surface area contributed by atoms with Gasteiger partial charge in [-0.2, -0.15) is 5.10 Å². The summed E-state index contributed by atoms with van der Waals surface area (Å²) in [5, 5.41) is 6.43. The number of aryl methyl sites for hydroxylation is 1. The van der Waals surface area contributed by atoms with Crippen LogP contribution in [-0.2, 0) is 11.8 Å². The maximum absolute atomic E-state index is 11.5. The molecule has 5 nitrogen and oxygen atoms in total. The first-order valence-electron chi connectivity index (χ1n) is 4.31. The predicted molar refractivity (Wildman–Crippen MR) is 50.8 cm³/mol. The van der Waals surface area contributed by atoms with E-state index in [1.54, 1.807) is 20.0 Å². The van der Waals surface area contributed by atoms with E-state index in [4.69, 9.17) is 0 Å². The highest BCUT2D eigenvalue weighted by molar-refractivity contribution is 5.96. The summed E-state index contributed by atoms with van der Waals surface area (Å²) in [7, 11) is 1.67. The van der Waals surface area contributed by atoms with E-state index in [1.807, 2.05) is 0 Å². The average Bonchev–Trinajstić information content (AvgIpc) is 2.51. The van der Waals surface area contributed by atoms with Gasteiger partial charge in [0.15, 0.2) is 5.78 Å². The van der Waals surface area contributed by atoms with Crippen LogP contribution >= 0.6 is 0 Å². The van der Waals surface area contributed by atoms with Gasteiger partial charge in [-0.25, -0.2) is 0 Å². The van der Waals surface area contributed by atoms with Crippen molar-refractivity contribution in [2.75, 3.05) is 0 Å². The molecule has 14 heavy (non-hydrogen) atoms. The van der Waals surface area contributed by atoms with Gasteiger partial charge >= 0.3 is 0 Å². The monoisotopic (exact) mass is 195 g/mol. The molecule has 1 rings (SSSR count). The van der Waals surface area contributed by atoms with Gasteiger partial charge in [0.25, 0.3) is 5.91 Å². The molecule has 1 aromatic rings. The van der Waals surface area contributed by atoms with E-state index in [-0.39, 0.29) is 11.7 Å². The van der Waals surface area contributed by atoms with E-state index >= 15 is 0 Å². The van der Waals surface area contributed by atoms with Crippen LogP contribution in [0.2, 0.25) is 0 Å². The summed E-state index contributed by atoms with van der Waals surface area (Å²) in [6.07, 6.45) is 1.54. The molecule has 1 N–H and O–H groups in total. The van der Waals surface area contributed by atoms with Crippen LogP contribution in [0.4, 0.5) is 0 Å². The third-order valence-corrected chi connectivity index (χ3v) is 2.01. The zero-order valence-corrected chi connectivity index (χ0v) is 8.44. The lowest BCUT2D eigenvalue weighted by molar-refractivity contribution is -0.118. The number of aromatic nitrogens is 2. The molecule has 0 radical (unpaired) electrons. The summed E-state index contributed by atoms with van der Waals surface area (Å²) in [5.41, 5.74) is 0.443. The Labute approximate surface area is 82.1 Å². The molecule has 0 aliphatic heterocycles. The van der Waals surface area contributed by atoms with Gasteiger partial charge in [0.1, 0.15) is 5.69 Å².